The summed E-state index contributed by atoms with van der Waals surface area (Å²) < 4.78 is 22.1. The molecular formula is C50H82O10. The second kappa shape index (κ2) is 40.0. The van der Waals surface area contributed by atoms with Gasteiger partial charge in [0, 0.05) is 12.8 Å². The predicted octanol–water partition coefficient (Wildman–Crippen LogP) is 10.2. The lowest BCUT2D eigenvalue weighted by atomic mass is 9.99. The predicted molar refractivity (Wildman–Crippen MR) is 242 cm³/mol. The van der Waals surface area contributed by atoms with Gasteiger partial charge in [-0.1, -0.05) is 163 Å². The molecule has 0 aromatic heterocycles. The minimum absolute atomic E-state index is 0.201. The molecule has 4 N–H and O–H groups in total. The molecule has 6 atom stereocenters. The van der Waals surface area contributed by atoms with Crippen LogP contribution in [0.5, 0.6) is 0 Å². The summed E-state index contributed by atoms with van der Waals surface area (Å²) >= 11 is 0. The largest absolute Gasteiger partial charge is 0.462 e. The molecule has 1 aliphatic rings. The first kappa shape index (κ1) is 54.9. The topological polar surface area (TPSA) is 152 Å². The molecule has 10 heteroatoms. The third-order valence-electron chi connectivity index (χ3n) is 10.1. The number of allylic oxidation sites excluding steroid dienone is 14. The molecule has 0 bridgehead atoms. The highest BCUT2D eigenvalue weighted by Gasteiger charge is 2.44. The van der Waals surface area contributed by atoms with Gasteiger partial charge in [-0.3, -0.25) is 9.59 Å². The number of ether oxygens (including phenoxy) is 4. The second-order valence-electron chi connectivity index (χ2n) is 15.5. The van der Waals surface area contributed by atoms with E-state index in [2.05, 4.69) is 80.7 Å². The molecule has 0 aromatic rings. The van der Waals surface area contributed by atoms with E-state index in [4.69, 9.17) is 18.9 Å². The number of carbonyl (C=O) groups excluding carboxylic acids is 2. The Bertz CT molecular complexity index is 1250. The number of aliphatic hydroxyl groups is 4. The van der Waals surface area contributed by atoms with Gasteiger partial charge in [-0.2, -0.15) is 0 Å². The molecule has 0 spiro atoms. The van der Waals surface area contributed by atoms with Crippen molar-refractivity contribution in [1.82, 2.24) is 0 Å². The molecule has 3 unspecified atom stereocenters. The van der Waals surface area contributed by atoms with Gasteiger partial charge in [-0.05, 0) is 70.6 Å². The van der Waals surface area contributed by atoms with E-state index < -0.39 is 55.4 Å². The lowest BCUT2D eigenvalue weighted by Crippen LogP contribution is -2.59. The molecule has 0 aliphatic carbocycles. The van der Waals surface area contributed by atoms with Crippen molar-refractivity contribution in [3.63, 3.8) is 0 Å². The van der Waals surface area contributed by atoms with Crippen molar-refractivity contribution in [2.75, 3.05) is 19.8 Å². The molecule has 0 aromatic carbocycles. The van der Waals surface area contributed by atoms with E-state index in [0.717, 1.165) is 89.9 Å². The molecule has 60 heavy (non-hydrogen) atoms. The summed E-state index contributed by atoms with van der Waals surface area (Å²) in [6.07, 6.45) is 44.5. The summed E-state index contributed by atoms with van der Waals surface area (Å²) in [6.45, 7) is 3.13. The average Bonchev–Trinajstić information content (AvgIpc) is 3.25. The molecule has 10 nitrogen and oxygen atoms in total. The Labute approximate surface area is 363 Å². The number of esters is 2. The first-order valence-electron chi connectivity index (χ1n) is 23.2. The van der Waals surface area contributed by atoms with Crippen molar-refractivity contribution >= 4 is 11.9 Å². The van der Waals surface area contributed by atoms with E-state index in [1.807, 2.05) is 18.2 Å². The number of hydrogen-bond donors (Lipinski definition) is 4. The third kappa shape index (κ3) is 30.8. The van der Waals surface area contributed by atoms with Crippen LogP contribution in [-0.4, -0.2) is 89.0 Å². The quantitative estimate of drug-likeness (QED) is 0.0206. The zero-order valence-electron chi connectivity index (χ0n) is 37.2. The van der Waals surface area contributed by atoms with E-state index in [-0.39, 0.29) is 26.1 Å². The minimum atomic E-state index is -1.60. The van der Waals surface area contributed by atoms with Gasteiger partial charge in [-0.15, -0.1) is 0 Å². The maximum absolute atomic E-state index is 12.8. The minimum Gasteiger partial charge on any atom is -0.462 e. The fourth-order valence-electron chi connectivity index (χ4n) is 6.47. The first-order chi connectivity index (χ1) is 29.3. The summed E-state index contributed by atoms with van der Waals surface area (Å²) in [6, 6.07) is 0. The zero-order valence-corrected chi connectivity index (χ0v) is 37.2. The van der Waals surface area contributed by atoms with Crippen molar-refractivity contribution < 1.29 is 49.0 Å². The van der Waals surface area contributed by atoms with Crippen LogP contribution in [0.2, 0.25) is 0 Å². The Balaban J connectivity index is 2.29. The molecule has 1 aliphatic heterocycles. The number of rotatable bonds is 37. The summed E-state index contributed by atoms with van der Waals surface area (Å²) in [5.74, 6) is -0.845. The van der Waals surface area contributed by atoms with Gasteiger partial charge in [0.05, 0.1) is 13.2 Å². The van der Waals surface area contributed by atoms with Gasteiger partial charge in [0.15, 0.2) is 12.4 Å². The van der Waals surface area contributed by atoms with E-state index in [1.165, 1.54) is 32.1 Å². The number of aliphatic hydroxyl groups excluding tert-OH is 4. The van der Waals surface area contributed by atoms with E-state index >= 15 is 0 Å². The standard InChI is InChI=1S/C50H82O10/c1-3-5-7-9-11-13-15-17-18-19-20-21-22-23-24-25-27-28-30-32-34-36-38-45(52)57-41-43(42-58-50-49(56)48(55)47(54)44(40-51)60-50)59-46(53)39-37-35-33-31-29-26-16-14-12-10-8-6-4-2/h5-8,10-14,16-18,20-21,43-44,47-51,54-56H,3-4,9,15,19,22-42H2,1-2H3/b7-5+,8-6+,12-10+,13-11+,16-14+,18-17+,21-20+/t43?,44-,47+,48?,49?,50-/m0/s1. The second-order valence-corrected chi connectivity index (χ2v) is 15.5. The van der Waals surface area contributed by atoms with E-state index in [1.54, 1.807) is 0 Å². The van der Waals surface area contributed by atoms with Gasteiger partial charge < -0.3 is 39.4 Å². The van der Waals surface area contributed by atoms with Crippen LogP contribution in [0.3, 0.4) is 0 Å². The summed E-state index contributed by atoms with van der Waals surface area (Å²) in [5.41, 5.74) is 0. The molecule has 1 fully saturated rings. The first-order valence-corrected chi connectivity index (χ1v) is 23.2. The van der Waals surface area contributed by atoms with Crippen molar-refractivity contribution in [2.24, 2.45) is 0 Å². The molecule has 0 amide bonds. The van der Waals surface area contributed by atoms with Crippen LogP contribution in [0, 0.1) is 0 Å². The maximum atomic E-state index is 12.8. The highest BCUT2D eigenvalue weighted by Crippen LogP contribution is 2.22. The van der Waals surface area contributed by atoms with Gasteiger partial charge >= 0.3 is 11.9 Å². The fourth-order valence-corrected chi connectivity index (χ4v) is 6.47. The molecule has 0 saturated carbocycles. The summed E-state index contributed by atoms with van der Waals surface area (Å²) in [5, 5.41) is 40.1. The van der Waals surface area contributed by atoms with Crippen LogP contribution in [0.4, 0.5) is 0 Å². The summed E-state index contributed by atoms with van der Waals surface area (Å²) in [7, 11) is 0. The monoisotopic (exact) mass is 843 g/mol. The highest BCUT2D eigenvalue weighted by atomic mass is 16.7. The Morgan fingerprint density at radius 3 is 1.58 bits per heavy atom. The normalized spacial score (nSPS) is 20.7. The maximum Gasteiger partial charge on any atom is 0.306 e. The van der Waals surface area contributed by atoms with Gasteiger partial charge in [-0.25, -0.2) is 0 Å². The van der Waals surface area contributed by atoms with Crippen LogP contribution < -0.4 is 0 Å². The Hall–Kier alpha value is -3.12. The highest BCUT2D eigenvalue weighted by molar-refractivity contribution is 5.70. The van der Waals surface area contributed by atoms with Crippen LogP contribution in [0.1, 0.15) is 162 Å². The smallest absolute Gasteiger partial charge is 0.306 e. The SMILES string of the molecule is CC/C=C/C=C/C=C/CCCCCCCC(=O)OC(COC(=O)CCCCCCCCCCC/C=C/C/C=C/C/C=C/C/C=C/CC)CO[C@H]1O[C@@H](CO)[C@@H](O)C(O)C1O. The Kier molecular flexibility index (Phi) is 36.6. The third-order valence-corrected chi connectivity index (χ3v) is 10.1. The Morgan fingerprint density at radius 2 is 1.02 bits per heavy atom. The van der Waals surface area contributed by atoms with E-state index in [9.17, 15) is 30.0 Å². The molecule has 1 heterocycles. The van der Waals surface area contributed by atoms with Crippen LogP contribution in [0.25, 0.3) is 0 Å². The summed E-state index contributed by atoms with van der Waals surface area (Å²) in [4.78, 5) is 25.3. The van der Waals surface area contributed by atoms with Gasteiger partial charge in [0.2, 0.25) is 0 Å². The fraction of sp³-hybridized carbons (Fsp3) is 0.680. The van der Waals surface area contributed by atoms with Crippen molar-refractivity contribution in [3.05, 3.63) is 85.1 Å². The van der Waals surface area contributed by atoms with Gasteiger partial charge in [0.1, 0.15) is 31.0 Å². The number of hydrogen-bond acceptors (Lipinski definition) is 10. The number of unbranched alkanes of at least 4 members (excludes halogenated alkanes) is 14. The lowest BCUT2D eigenvalue weighted by Gasteiger charge is -2.39. The average molecular weight is 843 g/mol. The van der Waals surface area contributed by atoms with Crippen LogP contribution in [-0.2, 0) is 28.5 Å². The molecule has 342 valence electrons. The molecule has 0 radical (unpaired) electrons. The molecule has 1 rings (SSSR count). The molecule has 1 saturated heterocycles. The van der Waals surface area contributed by atoms with Gasteiger partial charge in [0.25, 0.3) is 0 Å². The van der Waals surface area contributed by atoms with Crippen molar-refractivity contribution in [3.8, 4) is 0 Å². The number of carbonyl (C=O) groups is 2. The van der Waals surface area contributed by atoms with E-state index in [0.29, 0.717) is 12.8 Å². The lowest BCUT2D eigenvalue weighted by molar-refractivity contribution is -0.305. The van der Waals surface area contributed by atoms with Crippen LogP contribution in [0.15, 0.2) is 85.1 Å². The molecular weight excluding hydrogens is 761 g/mol. The van der Waals surface area contributed by atoms with Crippen LogP contribution >= 0.6 is 0 Å². The zero-order chi connectivity index (χ0) is 43.7. The van der Waals surface area contributed by atoms with Crippen molar-refractivity contribution in [1.29, 1.82) is 0 Å². The van der Waals surface area contributed by atoms with Crippen molar-refractivity contribution in [2.45, 2.75) is 198 Å². The Morgan fingerprint density at radius 1 is 0.533 bits per heavy atom.